The standard InChI is InChI=1S/C8H11N3S/c1-6-3-9-8(11-6)2-7-4-10-12-5-7/h4-6H,2-3H2,1H3,(H,9,11). The van der Waals surface area contributed by atoms with Crippen LogP contribution in [0.5, 0.6) is 0 Å². The molecule has 1 unspecified atom stereocenters. The summed E-state index contributed by atoms with van der Waals surface area (Å²) in [5.74, 6) is 1.10. The largest absolute Gasteiger partial charge is 0.371 e. The Morgan fingerprint density at radius 3 is 3.25 bits per heavy atom. The van der Waals surface area contributed by atoms with Crippen LogP contribution in [0.4, 0.5) is 0 Å². The van der Waals surface area contributed by atoms with E-state index in [4.69, 9.17) is 0 Å². The Bertz CT molecular complexity index is 279. The lowest BCUT2D eigenvalue weighted by molar-refractivity contribution is 0.765. The molecule has 0 aliphatic carbocycles. The van der Waals surface area contributed by atoms with Gasteiger partial charge in [0, 0.05) is 24.5 Å². The first kappa shape index (κ1) is 7.73. The van der Waals surface area contributed by atoms with Gasteiger partial charge in [0.25, 0.3) is 0 Å². The summed E-state index contributed by atoms with van der Waals surface area (Å²) in [6.07, 6.45) is 2.80. The molecule has 1 aliphatic heterocycles. The molecule has 0 saturated carbocycles. The fourth-order valence-electron chi connectivity index (χ4n) is 1.24. The molecule has 0 aromatic carbocycles. The Hall–Kier alpha value is -0.900. The molecule has 1 aromatic rings. The van der Waals surface area contributed by atoms with Crippen molar-refractivity contribution in [3.63, 3.8) is 0 Å². The molecule has 4 heteroatoms. The predicted molar refractivity (Wildman–Crippen MR) is 50.7 cm³/mol. The highest BCUT2D eigenvalue weighted by molar-refractivity contribution is 7.03. The highest BCUT2D eigenvalue weighted by Crippen LogP contribution is 2.06. The SMILES string of the molecule is CC1CNC(Cc2cnsc2)=N1. The lowest BCUT2D eigenvalue weighted by Gasteiger charge is -1.97. The minimum Gasteiger partial charge on any atom is -0.371 e. The van der Waals surface area contributed by atoms with Crippen molar-refractivity contribution in [2.45, 2.75) is 19.4 Å². The summed E-state index contributed by atoms with van der Waals surface area (Å²) in [5.41, 5.74) is 1.25. The van der Waals surface area contributed by atoms with E-state index in [1.807, 2.05) is 6.20 Å². The highest BCUT2D eigenvalue weighted by atomic mass is 32.1. The zero-order valence-corrected chi connectivity index (χ0v) is 7.77. The van der Waals surface area contributed by atoms with Crippen molar-refractivity contribution in [3.05, 3.63) is 17.1 Å². The average Bonchev–Trinajstić information content (AvgIpc) is 2.63. The van der Waals surface area contributed by atoms with E-state index in [1.165, 1.54) is 17.1 Å². The van der Waals surface area contributed by atoms with Crippen molar-refractivity contribution in [1.82, 2.24) is 9.69 Å². The van der Waals surface area contributed by atoms with E-state index in [9.17, 15) is 0 Å². The van der Waals surface area contributed by atoms with Crippen LogP contribution in [-0.4, -0.2) is 22.8 Å². The molecule has 2 rings (SSSR count). The molecule has 1 atom stereocenters. The van der Waals surface area contributed by atoms with E-state index in [0.717, 1.165) is 18.8 Å². The van der Waals surface area contributed by atoms with Gasteiger partial charge in [0.15, 0.2) is 0 Å². The van der Waals surface area contributed by atoms with Gasteiger partial charge in [-0.25, -0.2) is 4.37 Å². The van der Waals surface area contributed by atoms with E-state index >= 15 is 0 Å². The normalized spacial score (nSPS) is 22.1. The molecule has 0 bridgehead atoms. The van der Waals surface area contributed by atoms with E-state index in [2.05, 4.69) is 27.0 Å². The number of hydrogen-bond donors (Lipinski definition) is 1. The maximum atomic E-state index is 4.45. The van der Waals surface area contributed by atoms with Crippen LogP contribution in [-0.2, 0) is 6.42 Å². The van der Waals surface area contributed by atoms with Crippen molar-refractivity contribution in [2.75, 3.05) is 6.54 Å². The van der Waals surface area contributed by atoms with Crippen LogP contribution >= 0.6 is 11.5 Å². The molecule has 0 amide bonds. The molecule has 0 spiro atoms. The lowest BCUT2D eigenvalue weighted by atomic mass is 10.2. The van der Waals surface area contributed by atoms with Crippen molar-refractivity contribution >= 4 is 17.4 Å². The zero-order chi connectivity index (χ0) is 8.39. The lowest BCUT2D eigenvalue weighted by Crippen LogP contribution is -2.21. The van der Waals surface area contributed by atoms with Gasteiger partial charge in [0.1, 0.15) is 5.84 Å². The molecular formula is C8H11N3S. The molecule has 1 N–H and O–H groups in total. The Morgan fingerprint density at radius 2 is 2.67 bits per heavy atom. The Balaban J connectivity index is 2.00. The topological polar surface area (TPSA) is 37.3 Å². The predicted octanol–water partition coefficient (Wildman–Crippen LogP) is 1.08. The van der Waals surface area contributed by atoms with Gasteiger partial charge in [-0.1, -0.05) is 0 Å². The molecular weight excluding hydrogens is 170 g/mol. The summed E-state index contributed by atoms with van der Waals surface area (Å²) in [7, 11) is 0. The van der Waals surface area contributed by atoms with Gasteiger partial charge >= 0.3 is 0 Å². The number of nitrogens with one attached hydrogen (secondary N) is 1. The fraction of sp³-hybridized carbons (Fsp3) is 0.500. The number of aliphatic imine (C=N–C) groups is 1. The quantitative estimate of drug-likeness (QED) is 0.741. The van der Waals surface area contributed by atoms with Crippen molar-refractivity contribution in [3.8, 4) is 0 Å². The van der Waals surface area contributed by atoms with Gasteiger partial charge in [0.05, 0.1) is 6.04 Å². The van der Waals surface area contributed by atoms with E-state index < -0.39 is 0 Å². The van der Waals surface area contributed by atoms with Crippen molar-refractivity contribution in [1.29, 1.82) is 0 Å². The maximum absolute atomic E-state index is 4.45. The number of hydrogen-bond acceptors (Lipinski definition) is 4. The maximum Gasteiger partial charge on any atom is 0.101 e. The van der Waals surface area contributed by atoms with Crippen molar-refractivity contribution < 1.29 is 0 Å². The van der Waals surface area contributed by atoms with Crippen LogP contribution in [0.3, 0.4) is 0 Å². The Labute approximate surface area is 75.7 Å². The van der Waals surface area contributed by atoms with E-state index in [1.54, 1.807) is 0 Å². The summed E-state index contributed by atoms with van der Waals surface area (Å²) in [6.45, 7) is 3.10. The van der Waals surface area contributed by atoms with E-state index in [-0.39, 0.29) is 0 Å². The van der Waals surface area contributed by atoms with Gasteiger partial charge in [-0.15, -0.1) is 0 Å². The minimum atomic E-state index is 0.437. The summed E-state index contributed by atoms with van der Waals surface area (Å²) >= 11 is 1.49. The molecule has 64 valence electrons. The summed E-state index contributed by atoms with van der Waals surface area (Å²) in [5, 5.41) is 5.33. The Kier molecular flexibility index (Phi) is 2.08. The van der Waals surface area contributed by atoms with Gasteiger partial charge < -0.3 is 5.32 Å². The first-order valence-corrected chi connectivity index (χ1v) is 4.87. The average molecular weight is 181 g/mol. The van der Waals surface area contributed by atoms with Crippen molar-refractivity contribution in [2.24, 2.45) is 4.99 Å². The van der Waals surface area contributed by atoms with Crippen LogP contribution in [0.2, 0.25) is 0 Å². The van der Waals surface area contributed by atoms with E-state index in [0.29, 0.717) is 6.04 Å². The molecule has 2 heterocycles. The van der Waals surface area contributed by atoms with Crippen LogP contribution in [0, 0.1) is 0 Å². The van der Waals surface area contributed by atoms with Gasteiger partial charge in [0.2, 0.25) is 0 Å². The van der Waals surface area contributed by atoms with Crippen LogP contribution < -0.4 is 5.32 Å². The molecule has 0 fully saturated rings. The smallest absolute Gasteiger partial charge is 0.101 e. The molecule has 3 nitrogen and oxygen atoms in total. The fourth-order valence-corrected chi connectivity index (χ4v) is 1.78. The Morgan fingerprint density at radius 1 is 1.75 bits per heavy atom. The zero-order valence-electron chi connectivity index (χ0n) is 6.95. The molecule has 0 saturated heterocycles. The first-order chi connectivity index (χ1) is 5.84. The second kappa shape index (κ2) is 3.23. The number of aromatic nitrogens is 1. The van der Waals surface area contributed by atoms with Crippen LogP contribution in [0.15, 0.2) is 16.6 Å². The highest BCUT2D eigenvalue weighted by Gasteiger charge is 2.11. The number of amidine groups is 1. The number of rotatable bonds is 2. The molecule has 1 aliphatic rings. The molecule has 1 aromatic heterocycles. The molecule has 12 heavy (non-hydrogen) atoms. The van der Waals surface area contributed by atoms with Crippen LogP contribution in [0.25, 0.3) is 0 Å². The third kappa shape index (κ3) is 1.64. The first-order valence-electron chi connectivity index (χ1n) is 4.03. The third-order valence-corrected chi connectivity index (χ3v) is 2.47. The summed E-state index contributed by atoms with van der Waals surface area (Å²) < 4.78 is 4.04. The summed E-state index contributed by atoms with van der Waals surface area (Å²) in [6, 6.07) is 0.437. The summed E-state index contributed by atoms with van der Waals surface area (Å²) in [4.78, 5) is 4.45. The van der Waals surface area contributed by atoms with Gasteiger partial charge in [-0.2, -0.15) is 0 Å². The second-order valence-electron chi connectivity index (χ2n) is 3.02. The van der Waals surface area contributed by atoms with Gasteiger partial charge in [-0.05, 0) is 24.0 Å². The van der Waals surface area contributed by atoms with Gasteiger partial charge in [-0.3, -0.25) is 4.99 Å². The third-order valence-electron chi connectivity index (χ3n) is 1.83. The minimum absolute atomic E-state index is 0.437. The second-order valence-corrected chi connectivity index (χ2v) is 3.67. The monoisotopic (exact) mass is 181 g/mol. The number of nitrogens with zero attached hydrogens (tertiary/aromatic N) is 2. The van der Waals surface area contributed by atoms with Crippen LogP contribution in [0.1, 0.15) is 12.5 Å². The molecule has 0 radical (unpaired) electrons.